The Labute approximate surface area is 225 Å². The first kappa shape index (κ1) is 25.3. The first-order valence-corrected chi connectivity index (χ1v) is 12.5. The molecule has 1 aliphatic rings. The second kappa shape index (κ2) is 11.8. The van der Waals surface area contributed by atoms with Crippen LogP contribution in [0.5, 0.6) is 5.75 Å². The number of rotatable bonds is 8. The molecule has 5 rings (SSSR count). The highest BCUT2D eigenvalue weighted by Crippen LogP contribution is 2.31. The Morgan fingerprint density at radius 1 is 1.05 bits per heavy atom. The molecule has 0 spiro atoms. The minimum Gasteiger partial charge on any atom is -0.487 e. The van der Waals surface area contributed by atoms with E-state index in [2.05, 4.69) is 49.0 Å². The summed E-state index contributed by atoms with van der Waals surface area (Å²) in [5.41, 5.74) is 3.40. The van der Waals surface area contributed by atoms with Crippen LogP contribution in [-0.4, -0.2) is 36.1 Å². The van der Waals surface area contributed by atoms with Crippen molar-refractivity contribution >= 4 is 40.4 Å². The molecule has 0 saturated carbocycles. The van der Waals surface area contributed by atoms with Crippen molar-refractivity contribution in [3.63, 3.8) is 0 Å². The largest absolute Gasteiger partial charge is 0.487 e. The van der Waals surface area contributed by atoms with Gasteiger partial charge in [-0.1, -0.05) is 29.8 Å². The van der Waals surface area contributed by atoms with Gasteiger partial charge in [0.1, 0.15) is 34.8 Å². The molecule has 1 aliphatic heterocycles. The van der Waals surface area contributed by atoms with E-state index in [0.717, 1.165) is 31.9 Å². The number of piperazine rings is 1. The van der Waals surface area contributed by atoms with Crippen molar-refractivity contribution in [3.05, 3.63) is 94.9 Å². The van der Waals surface area contributed by atoms with Crippen LogP contribution >= 0.6 is 11.6 Å². The third-order valence-electron chi connectivity index (χ3n) is 6.02. The van der Waals surface area contributed by atoms with Crippen LogP contribution in [0.1, 0.15) is 11.1 Å². The molecule has 2 heterocycles. The predicted molar refractivity (Wildman–Crippen MR) is 147 cm³/mol. The molecule has 4 aromatic rings. The number of anilines is 5. The van der Waals surface area contributed by atoms with Crippen molar-refractivity contribution in [2.75, 3.05) is 41.7 Å². The summed E-state index contributed by atoms with van der Waals surface area (Å²) in [7, 11) is 0. The van der Waals surface area contributed by atoms with Gasteiger partial charge in [0.05, 0.1) is 11.9 Å². The predicted octanol–water partition coefficient (Wildman–Crippen LogP) is 5.62. The van der Waals surface area contributed by atoms with E-state index >= 15 is 0 Å². The van der Waals surface area contributed by atoms with Crippen LogP contribution in [0.25, 0.3) is 0 Å². The summed E-state index contributed by atoms with van der Waals surface area (Å²) in [6.07, 6.45) is 1.49. The van der Waals surface area contributed by atoms with Gasteiger partial charge in [0.25, 0.3) is 0 Å². The highest BCUT2D eigenvalue weighted by molar-refractivity contribution is 6.32. The summed E-state index contributed by atoms with van der Waals surface area (Å²) in [4.78, 5) is 11.1. The molecule has 0 aliphatic carbocycles. The van der Waals surface area contributed by atoms with Gasteiger partial charge in [-0.25, -0.2) is 9.37 Å². The molecule has 0 radical (unpaired) electrons. The number of hydrogen-bond acceptors (Lipinski definition) is 8. The Hall–Kier alpha value is -4.39. The zero-order valence-corrected chi connectivity index (χ0v) is 21.2. The number of hydrogen-bond donors (Lipinski definition) is 3. The van der Waals surface area contributed by atoms with Gasteiger partial charge >= 0.3 is 0 Å². The number of aromatic nitrogens is 2. The lowest BCUT2D eigenvalue weighted by atomic mass is 10.1. The summed E-state index contributed by atoms with van der Waals surface area (Å²) >= 11 is 6.37. The van der Waals surface area contributed by atoms with Gasteiger partial charge in [-0.3, -0.25) is 0 Å². The van der Waals surface area contributed by atoms with Gasteiger partial charge < -0.3 is 25.6 Å². The van der Waals surface area contributed by atoms with Crippen molar-refractivity contribution in [2.24, 2.45) is 0 Å². The van der Waals surface area contributed by atoms with Crippen LogP contribution in [0.15, 0.2) is 72.9 Å². The van der Waals surface area contributed by atoms with E-state index < -0.39 is 0 Å². The quantitative estimate of drug-likeness (QED) is 0.271. The van der Waals surface area contributed by atoms with Crippen LogP contribution in [-0.2, 0) is 6.61 Å². The maximum absolute atomic E-state index is 13.5. The van der Waals surface area contributed by atoms with Gasteiger partial charge in [0.2, 0.25) is 5.95 Å². The van der Waals surface area contributed by atoms with Gasteiger partial charge in [0.15, 0.2) is 5.82 Å². The Morgan fingerprint density at radius 2 is 1.84 bits per heavy atom. The fraction of sp³-hybridized carbons (Fsp3) is 0.179. The Balaban J connectivity index is 1.30. The van der Waals surface area contributed by atoms with E-state index in [0.29, 0.717) is 33.8 Å². The maximum atomic E-state index is 13.5. The fourth-order valence-electron chi connectivity index (χ4n) is 4.11. The molecule has 0 unspecified atom stereocenters. The summed E-state index contributed by atoms with van der Waals surface area (Å²) in [6, 6.07) is 21.5. The number of nitrogens with one attached hydrogen (secondary N) is 3. The van der Waals surface area contributed by atoms with E-state index in [1.165, 1.54) is 24.0 Å². The molecule has 1 saturated heterocycles. The minimum absolute atomic E-state index is 0.117. The summed E-state index contributed by atoms with van der Waals surface area (Å²) in [5.74, 6) is 0.694. The molecule has 38 heavy (non-hydrogen) atoms. The van der Waals surface area contributed by atoms with E-state index in [1.54, 1.807) is 30.3 Å². The van der Waals surface area contributed by atoms with Crippen LogP contribution < -0.4 is 25.6 Å². The molecule has 1 fully saturated rings. The van der Waals surface area contributed by atoms with Gasteiger partial charge in [-0.15, -0.1) is 0 Å². The highest BCUT2D eigenvalue weighted by atomic mass is 35.5. The van der Waals surface area contributed by atoms with Crippen molar-refractivity contribution in [1.29, 1.82) is 5.26 Å². The Morgan fingerprint density at radius 3 is 2.61 bits per heavy atom. The average molecular weight is 530 g/mol. The lowest BCUT2D eigenvalue weighted by Crippen LogP contribution is -2.43. The molecular formula is C28H25ClFN7O. The van der Waals surface area contributed by atoms with Gasteiger partial charge in [-0.05, 0) is 54.1 Å². The number of halogens is 2. The molecule has 0 atom stereocenters. The third kappa shape index (κ3) is 6.11. The minimum atomic E-state index is -0.347. The topological polar surface area (TPSA) is 98.1 Å². The van der Waals surface area contributed by atoms with Crippen molar-refractivity contribution in [3.8, 4) is 11.8 Å². The fourth-order valence-corrected chi connectivity index (χ4v) is 4.25. The Kier molecular flexibility index (Phi) is 7.83. The monoisotopic (exact) mass is 529 g/mol. The molecule has 10 heteroatoms. The standard InChI is InChI=1S/C28H25ClFN7O/c29-24-17-33-28(34-21-7-9-22(10-8-21)37-13-11-32-12-14-37)36-27(24)35-25-5-2-6-26(23(25)16-31)38-18-19-3-1-4-20(30)15-19/h1-10,15,17,32H,11-14,18H2,(H2,33,34,35,36). The van der Waals surface area contributed by atoms with Crippen molar-refractivity contribution in [1.82, 2.24) is 15.3 Å². The van der Waals surface area contributed by atoms with E-state index in [9.17, 15) is 9.65 Å². The maximum Gasteiger partial charge on any atom is 0.229 e. The van der Waals surface area contributed by atoms with Gasteiger partial charge in [0, 0.05) is 37.6 Å². The average Bonchev–Trinajstić information content (AvgIpc) is 2.95. The molecule has 1 aromatic heterocycles. The molecule has 3 N–H and O–H groups in total. The van der Waals surface area contributed by atoms with E-state index in [-0.39, 0.29) is 18.0 Å². The molecule has 3 aromatic carbocycles. The van der Waals surface area contributed by atoms with Crippen LogP contribution in [0.4, 0.5) is 33.2 Å². The number of nitriles is 1. The second-order valence-electron chi connectivity index (χ2n) is 8.63. The lowest BCUT2D eigenvalue weighted by Gasteiger charge is -2.29. The summed E-state index contributed by atoms with van der Waals surface area (Å²) in [5, 5.41) is 19.8. The van der Waals surface area contributed by atoms with Crippen LogP contribution in [0.2, 0.25) is 5.02 Å². The van der Waals surface area contributed by atoms with Crippen LogP contribution in [0, 0.1) is 17.1 Å². The molecule has 8 nitrogen and oxygen atoms in total. The number of ether oxygens (including phenoxy) is 1. The molecular weight excluding hydrogens is 505 g/mol. The van der Waals surface area contributed by atoms with Gasteiger partial charge in [-0.2, -0.15) is 10.2 Å². The second-order valence-corrected chi connectivity index (χ2v) is 9.04. The normalized spacial score (nSPS) is 13.0. The number of benzene rings is 3. The third-order valence-corrected chi connectivity index (χ3v) is 6.30. The molecule has 0 amide bonds. The van der Waals surface area contributed by atoms with Crippen molar-refractivity contribution < 1.29 is 9.13 Å². The zero-order valence-electron chi connectivity index (χ0n) is 20.4. The van der Waals surface area contributed by atoms with E-state index in [1.807, 2.05) is 12.1 Å². The first-order valence-electron chi connectivity index (χ1n) is 12.1. The lowest BCUT2D eigenvalue weighted by molar-refractivity contribution is 0.305. The number of nitrogens with zero attached hydrogens (tertiary/aromatic N) is 4. The van der Waals surface area contributed by atoms with E-state index in [4.69, 9.17) is 16.3 Å². The highest BCUT2D eigenvalue weighted by Gasteiger charge is 2.14. The SMILES string of the molecule is N#Cc1c(Nc2nc(Nc3ccc(N4CCNCC4)cc3)ncc2Cl)cccc1OCc1cccc(F)c1. The smallest absolute Gasteiger partial charge is 0.229 e. The first-order chi connectivity index (χ1) is 18.6. The van der Waals surface area contributed by atoms with Crippen molar-refractivity contribution in [2.45, 2.75) is 6.61 Å². The molecule has 192 valence electrons. The molecule has 0 bridgehead atoms. The van der Waals surface area contributed by atoms with Crippen LogP contribution in [0.3, 0.4) is 0 Å². The summed E-state index contributed by atoms with van der Waals surface area (Å²) < 4.78 is 19.3. The zero-order chi connectivity index (χ0) is 26.3. The Bertz CT molecular complexity index is 1450. The summed E-state index contributed by atoms with van der Waals surface area (Å²) in [6.45, 7) is 4.02.